The third-order valence-corrected chi connectivity index (χ3v) is 9.56. The molecule has 0 atom stereocenters. The van der Waals surface area contributed by atoms with Gasteiger partial charge in [-0.1, -0.05) is 12.1 Å². The molecule has 8 rings (SSSR count). The van der Waals surface area contributed by atoms with Crippen molar-refractivity contribution in [3.05, 3.63) is 51.6 Å². The average Bonchev–Trinajstić information content (AvgIpc) is 3.83. The SMILES string of the molecule is O=Cc1cc2nc(-c3cccc4[nH]ncc34)nc(N3CCOCC3)c2s1.O=Cc1cc2nc(Cl)nc(N3CCOCC3)c2s1. The highest BCUT2D eigenvalue weighted by molar-refractivity contribution is 7.21. The number of benzene rings is 1. The predicted octanol–water partition coefficient (Wildman–Crippen LogP) is 4.88. The molecule has 12 nitrogen and oxygen atoms in total. The Kier molecular flexibility index (Phi) is 8.14. The van der Waals surface area contributed by atoms with Crippen LogP contribution in [0.3, 0.4) is 0 Å². The van der Waals surface area contributed by atoms with Crippen molar-refractivity contribution in [3.63, 3.8) is 0 Å². The fourth-order valence-corrected chi connectivity index (χ4v) is 7.25. The molecule has 7 heterocycles. The standard InChI is InChI=1S/C18H15N5O2S.C11H10ClN3O2S/c24-10-11-8-15-16(26-11)18(23-4-6-25-7-5-23)21-17(20-15)12-2-1-3-14-13(12)9-19-22-14;12-11-13-8-5-7(6-16)18-9(8)10(14-11)15-1-3-17-4-2-15/h1-3,8-10H,4-7H2,(H,19,22);5-6H,1-4H2. The molecule has 2 aliphatic rings. The predicted molar refractivity (Wildman–Crippen MR) is 172 cm³/mol. The molecule has 1 N–H and O–H groups in total. The van der Waals surface area contributed by atoms with Crippen LogP contribution in [0.2, 0.25) is 5.28 Å². The number of hydrogen-bond acceptors (Lipinski definition) is 13. The second-order valence-corrected chi connectivity index (χ2v) is 12.5. The minimum absolute atomic E-state index is 0.208. The average molecular weight is 649 g/mol. The van der Waals surface area contributed by atoms with Crippen molar-refractivity contribution in [3.8, 4) is 11.4 Å². The Balaban J connectivity index is 0.000000152. The van der Waals surface area contributed by atoms with E-state index < -0.39 is 0 Å². The van der Waals surface area contributed by atoms with Crippen LogP contribution in [0.15, 0.2) is 36.5 Å². The van der Waals surface area contributed by atoms with Crippen LogP contribution in [-0.4, -0.2) is 95.3 Å². The molecule has 2 aliphatic heterocycles. The van der Waals surface area contributed by atoms with Crippen LogP contribution in [0.25, 0.3) is 42.7 Å². The normalized spacial score (nSPS) is 15.5. The van der Waals surface area contributed by atoms with E-state index in [1.165, 1.54) is 22.7 Å². The number of hydrogen-bond donors (Lipinski definition) is 1. The Morgan fingerprint density at radius 1 is 0.795 bits per heavy atom. The number of H-pyrrole nitrogens is 1. The van der Waals surface area contributed by atoms with Gasteiger partial charge in [0.2, 0.25) is 5.28 Å². The van der Waals surface area contributed by atoms with Crippen LogP contribution < -0.4 is 9.80 Å². The lowest BCUT2D eigenvalue weighted by molar-refractivity contribution is 0.111. The number of nitrogens with zero attached hydrogens (tertiary/aromatic N) is 7. The van der Waals surface area contributed by atoms with Gasteiger partial charge in [-0.25, -0.2) is 15.0 Å². The Bertz CT molecular complexity index is 1980. The van der Waals surface area contributed by atoms with Gasteiger partial charge in [0, 0.05) is 37.1 Å². The third-order valence-electron chi connectivity index (χ3n) is 7.30. The van der Waals surface area contributed by atoms with Gasteiger partial charge in [-0.05, 0) is 29.8 Å². The van der Waals surface area contributed by atoms with Crippen LogP contribution in [0.4, 0.5) is 11.6 Å². The van der Waals surface area contributed by atoms with Crippen LogP contribution >= 0.6 is 34.3 Å². The quantitative estimate of drug-likeness (QED) is 0.202. The van der Waals surface area contributed by atoms with Crippen molar-refractivity contribution in [2.24, 2.45) is 0 Å². The molecule has 0 bridgehead atoms. The number of carbonyl (C=O) groups excluding carboxylic acids is 2. The van der Waals surface area contributed by atoms with Gasteiger partial charge in [0.15, 0.2) is 30.0 Å². The summed E-state index contributed by atoms with van der Waals surface area (Å²) in [5.74, 6) is 2.31. The fourth-order valence-electron chi connectivity index (χ4n) is 5.22. The molecular weight excluding hydrogens is 624 g/mol. The van der Waals surface area contributed by atoms with E-state index in [0.717, 1.165) is 87.3 Å². The number of thiophene rings is 2. The lowest BCUT2D eigenvalue weighted by Gasteiger charge is -2.28. The summed E-state index contributed by atoms with van der Waals surface area (Å²) < 4.78 is 12.6. The van der Waals surface area contributed by atoms with E-state index in [4.69, 9.17) is 31.0 Å². The van der Waals surface area contributed by atoms with Crippen LogP contribution in [-0.2, 0) is 9.47 Å². The number of anilines is 2. The maximum absolute atomic E-state index is 11.3. The van der Waals surface area contributed by atoms with Crippen molar-refractivity contribution in [2.75, 3.05) is 62.4 Å². The molecule has 0 radical (unpaired) electrons. The molecule has 0 spiro atoms. The van der Waals surface area contributed by atoms with Gasteiger partial charge in [0.05, 0.1) is 68.3 Å². The van der Waals surface area contributed by atoms with Gasteiger partial charge in [-0.3, -0.25) is 14.7 Å². The summed E-state index contributed by atoms with van der Waals surface area (Å²) in [4.78, 5) is 45.8. The molecule has 5 aromatic heterocycles. The van der Waals surface area contributed by atoms with E-state index in [-0.39, 0.29) is 5.28 Å². The highest BCUT2D eigenvalue weighted by Crippen LogP contribution is 2.36. The lowest BCUT2D eigenvalue weighted by atomic mass is 10.1. The molecule has 0 unspecified atom stereocenters. The number of ether oxygens (including phenoxy) is 2. The van der Waals surface area contributed by atoms with E-state index >= 15 is 0 Å². The van der Waals surface area contributed by atoms with Gasteiger partial charge in [-0.15, -0.1) is 22.7 Å². The first-order valence-electron chi connectivity index (χ1n) is 13.9. The summed E-state index contributed by atoms with van der Waals surface area (Å²) in [6, 6.07) is 9.50. The number of aromatic amines is 1. The number of aldehydes is 2. The summed E-state index contributed by atoms with van der Waals surface area (Å²) in [6.07, 6.45) is 3.48. The minimum atomic E-state index is 0.208. The van der Waals surface area contributed by atoms with E-state index in [0.29, 0.717) is 42.0 Å². The van der Waals surface area contributed by atoms with Gasteiger partial charge < -0.3 is 19.3 Å². The van der Waals surface area contributed by atoms with E-state index in [1.807, 2.05) is 24.3 Å². The zero-order valence-electron chi connectivity index (χ0n) is 23.2. The Morgan fingerprint density at radius 3 is 2.00 bits per heavy atom. The second-order valence-electron chi connectivity index (χ2n) is 9.98. The van der Waals surface area contributed by atoms with Gasteiger partial charge in [0.25, 0.3) is 0 Å². The summed E-state index contributed by atoms with van der Waals surface area (Å²) in [5.41, 5.74) is 3.39. The topological polar surface area (TPSA) is 139 Å². The molecule has 2 fully saturated rings. The lowest BCUT2D eigenvalue weighted by Crippen LogP contribution is -2.36. The van der Waals surface area contributed by atoms with Crippen LogP contribution in [0.1, 0.15) is 19.3 Å². The molecule has 0 saturated carbocycles. The van der Waals surface area contributed by atoms with E-state index in [2.05, 4.69) is 30.0 Å². The molecule has 15 heteroatoms. The number of rotatable bonds is 5. The zero-order valence-corrected chi connectivity index (χ0v) is 25.6. The largest absolute Gasteiger partial charge is 0.378 e. The molecule has 2 saturated heterocycles. The third kappa shape index (κ3) is 5.62. The first-order chi connectivity index (χ1) is 21.6. The first kappa shape index (κ1) is 28.7. The second kappa shape index (κ2) is 12.5. The van der Waals surface area contributed by atoms with Crippen LogP contribution in [0, 0.1) is 0 Å². The Morgan fingerprint density at radius 2 is 1.39 bits per heavy atom. The number of morpholine rings is 2. The fraction of sp³-hybridized carbons (Fsp3) is 0.276. The minimum Gasteiger partial charge on any atom is -0.378 e. The monoisotopic (exact) mass is 648 g/mol. The van der Waals surface area contributed by atoms with Crippen molar-refractivity contribution < 1.29 is 19.1 Å². The zero-order chi connectivity index (χ0) is 30.0. The first-order valence-corrected chi connectivity index (χ1v) is 15.9. The molecule has 6 aromatic rings. The van der Waals surface area contributed by atoms with Crippen LogP contribution in [0.5, 0.6) is 0 Å². The number of halogens is 1. The maximum atomic E-state index is 11.3. The van der Waals surface area contributed by atoms with Crippen molar-refractivity contribution in [1.29, 1.82) is 0 Å². The summed E-state index contributed by atoms with van der Waals surface area (Å²) in [6.45, 7) is 5.79. The van der Waals surface area contributed by atoms with Gasteiger partial charge >= 0.3 is 0 Å². The Labute approximate surface area is 263 Å². The van der Waals surface area contributed by atoms with Crippen molar-refractivity contribution in [1.82, 2.24) is 30.1 Å². The summed E-state index contributed by atoms with van der Waals surface area (Å²) in [5, 5.41) is 8.29. The number of fused-ring (bicyclic) bond motifs is 3. The van der Waals surface area contributed by atoms with E-state index in [1.54, 1.807) is 12.3 Å². The number of carbonyl (C=O) groups is 2. The maximum Gasteiger partial charge on any atom is 0.224 e. The summed E-state index contributed by atoms with van der Waals surface area (Å²) >= 11 is 8.76. The number of nitrogens with one attached hydrogen (secondary N) is 1. The molecule has 0 aliphatic carbocycles. The van der Waals surface area contributed by atoms with Gasteiger partial charge in [-0.2, -0.15) is 10.1 Å². The van der Waals surface area contributed by atoms with E-state index in [9.17, 15) is 9.59 Å². The van der Waals surface area contributed by atoms with Crippen molar-refractivity contribution in [2.45, 2.75) is 0 Å². The smallest absolute Gasteiger partial charge is 0.224 e. The molecule has 224 valence electrons. The summed E-state index contributed by atoms with van der Waals surface area (Å²) in [7, 11) is 0. The molecule has 44 heavy (non-hydrogen) atoms. The number of aromatic nitrogens is 6. The highest BCUT2D eigenvalue weighted by atomic mass is 35.5. The molecule has 1 aromatic carbocycles. The Hall–Kier alpha value is -4.08. The highest BCUT2D eigenvalue weighted by Gasteiger charge is 2.21. The molecular formula is C29H25ClN8O4S2. The molecule has 0 amide bonds. The van der Waals surface area contributed by atoms with Crippen molar-refractivity contribution >= 4 is 89.8 Å². The van der Waals surface area contributed by atoms with Gasteiger partial charge in [0.1, 0.15) is 0 Å².